The summed E-state index contributed by atoms with van der Waals surface area (Å²) in [6.07, 6.45) is 1.61. The van der Waals surface area contributed by atoms with Crippen LogP contribution in [0.15, 0.2) is 70.4 Å². The number of aromatic nitrogens is 3. The molecule has 0 fully saturated rings. The molecule has 0 spiro atoms. The maximum Gasteiger partial charge on any atom is 0.205 e. The van der Waals surface area contributed by atoms with Gasteiger partial charge in [-0.1, -0.05) is 41.6 Å². The zero-order chi connectivity index (χ0) is 19.5. The fraction of sp³-hybridized carbons (Fsp3) is 0.0952. The van der Waals surface area contributed by atoms with E-state index in [0.29, 0.717) is 27.9 Å². The Morgan fingerprint density at radius 2 is 2.04 bits per heavy atom. The molecule has 0 radical (unpaired) electrons. The quantitative estimate of drug-likeness (QED) is 0.400. The average Bonchev–Trinajstić information content (AvgIpc) is 3.38. The maximum absolute atomic E-state index is 9.10. The molecule has 5 nitrogen and oxygen atoms in total. The molecular formula is C21H15ClN4OS. The van der Waals surface area contributed by atoms with E-state index >= 15 is 0 Å². The molecule has 0 aliphatic carbocycles. The first-order valence-corrected chi connectivity index (χ1v) is 9.90. The summed E-state index contributed by atoms with van der Waals surface area (Å²) in [5.74, 6) is 1.90. The van der Waals surface area contributed by atoms with Crippen LogP contribution < -0.4 is 0 Å². The van der Waals surface area contributed by atoms with Crippen molar-refractivity contribution in [3.05, 3.63) is 82.6 Å². The first-order valence-electron chi connectivity index (χ1n) is 8.53. The molecule has 0 saturated heterocycles. The predicted octanol–water partition coefficient (Wildman–Crippen LogP) is 5.65. The molecule has 0 atom stereocenters. The molecule has 0 aliphatic rings. The van der Waals surface area contributed by atoms with Crippen molar-refractivity contribution in [3.8, 4) is 23.3 Å². The van der Waals surface area contributed by atoms with Gasteiger partial charge in [0.1, 0.15) is 0 Å². The lowest BCUT2D eigenvalue weighted by Crippen LogP contribution is -2.02. The van der Waals surface area contributed by atoms with Gasteiger partial charge in [-0.2, -0.15) is 5.26 Å². The third-order valence-corrected chi connectivity index (χ3v) is 5.45. The van der Waals surface area contributed by atoms with E-state index in [-0.39, 0.29) is 0 Å². The van der Waals surface area contributed by atoms with Gasteiger partial charge in [-0.05, 0) is 54.4 Å². The second kappa shape index (κ2) is 7.93. The fourth-order valence-electron chi connectivity index (χ4n) is 2.85. The van der Waals surface area contributed by atoms with Gasteiger partial charge in [-0.3, -0.25) is 4.57 Å². The standard InChI is InChI=1S/C21H15ClN4OS/c1-14-7-8-17(22)11-18(14)26-20(19-6-3-9-27-19)24-25-21(26)28-13-16-5-2-4-15(10-16)12-23/h2-11H,13H2,1H3. The summed E-state index contributed by atoms with van der Waals surface area (Å²) in [4.78, 5) is 0. The molecule has 2 aromatic carbocycles. The molecule has 0 N–H and O–H groups in total. The predicted molar refractivity (Wildman–Crippen MR) is 110 cm³/mol. The number of furan rings is 1. The molecule has 138 valence electrons. The molecule has 28 heavy (non-hydrogen) atoms. The van der Waals surface area contributed by atoms with Crippen LogP contribution in [0, 0.1) is 18.3 Å². The van der Waals surface area contributed by atoms with E-state index < -0.39 is 0 Å². The smallest absolute Gasteiger partial charge is 0.205 e. The number of rotatable bonds is 5. The van der Waals surface area contributed by atoms with Crippen LogP contribution in [-0.4, -0.2) is 14.8 Å². The van der Waals surface area contributed by atoms with Gasteiger partial charge < -0.3 is 4.42 Å². The van der Waals surface area contributed by atoms with Gasteiger partial charge in [0.05, 0.1) is 23.6 Å². The van der Waals surface area contributed by atoms with Crippen molar-refractivity contribution < 1.29 is 4.42 Å². The van der Waals surface area contributed by atoms with E-state index in [1.807, 2.05) is 60.0 Å². The number of thioether (sulfide) groups is 1. The topological polar surface area (TPSA) is 67.6 Å². The SMILES string of the molecule is Cc1ccc(Cl)cc1-n1c(SCc2cccc(C#N)c2)nnc1-c1ccco1. The fourth-order valence-corrected chi connectivity index (χ4v) is 3.90. The van der Waals surface area contributed by atoms with Gasteiger partial charge in [0.2, 0.25) is 5.82 Å². The summed E-state index contributed by atoms with van der Waals surface area (Å²) in [7, 11) is 0. The summed E-state index contributed by atoms with van der Waals surface area (Å²) in [6.45, 7) is 2.02. The molecular weight excluding hydrogens is 392 g/mol. The first-order chi connectivity index (χ1) is 13.7. The minimum Gasteiger partial charge on any atom is -0.461 e. The second-order valence-electron chi connectivity index (χ2n) is 6.15. The summed E-state index contributed by atoms with van der Waals surface area (Å²) >= 11 is 7.80. The van der Waals surface area contributed by atoms with Crippen LogP contribution in [0.5, 0.6) is 0 Å². The van der Waals surface area contributed by atoms with Crippen LogP contribution in [-0.2, 0) is 5.75 Å². The number of benzene rings is 2. The van der Waals surface area contributed by atoms with Gasteiger partial charge in [-0.25, -0.2) is 0 Å². The number of nitrogens with zero attached hydrogens (tertiary/aromatic N) is 4. The van der Waals surface area contributed by atoms with Gasteiger partial charge >= 0.3 is 0 Å². The Morgan fingerprint density at radius 1 is 1.14 bits per heavy atom. The third kappa shape index (κ3) is 3.68. The van der Waals surface area contributed by atoms with Gasteiger partial charge in [0.15, 0.2) is 10.9 Å². The highest BCUT2D eigenvalue weighted by Gasteiger charge is 2.19. The third-order valence-electron chi connectivity index (χ3n) is 4.21. The Balaban J connectivity index is 1.75. The van der Waals surface area contributed by atoms with E-state index in [1.165, 1.54) is 0 Å². The Bertz CT molecular complexity index is 1160. The van der Waals surface area contributed by atoms with E-state index in [2.05, 4.69) is 16.3 Å². The van der Waals surface area contributed by atoms with Gasteiger partial charge in [-0.15, -0.1) is 10.2 Å². The molecule has 4 rings (SSSR count). The van der Waals surface area contributed by atoms with Crippen molar-refractivity contribution in [3.63, 3.8) is 0 Å². The van der Waals surface area contributed by atoms with E-state index in [1.54, 1.807) is 24.1 Å². The zero-order valence-electron chi connectivity index (χ0n) is 15.0. The Kier molecular flexibility index (Phi) is 5.20. The molecule has 7 heteroatoms. The molecule has 0 unspecified atom stereocenters. The second-order valence-corrected chi connectivity index (χ2v) is 7.53. The molecule has 2 heterocycles. The van der Waals surface area contributed by atoms with Crippen molar-refractivity contribution in [2.45, 2.75) is 17.8 Å². The van der Waals surface area contributed by atoms with Gasteiger partial charge in [0, 0.05) is 10.8 Å². The highest BCUT2D eigenvalue weighted by Crippen LogP contribution is 2.32. The number of aryl methyl sites for hydroxylation is 1. The highest BCUT2D eigenvalue weighted by molar-refractivity contribution is 7.98. The normalized spacial score (nSPS) is 10.8. The number of halogens is 1. The number of hydrogen-bond donors (Lipinski definition) is 0. The van der Waals surface area contributed by atoms with E-state index in [4.69, 9.17) is 21.3 Å². The monoisotopic (exact) mass is 406 g/mol. The van der Waals surface area contributed by atoms with Crippen LogP contribution in [0.3, 0.4) is 0 Å². The van der Waals surface area contributed by atoms with Crippen molar-refractivity contribution in [1.29, 1.82) is 5.26 Å². The minimum absolute atomic E-state index is 0.614. The number of hydrogen-bond acceptors (Lipinski definition) is 5. The van der Waals surface area contributed by atoms with Crippen molar-refractivity contribution in [2.75, 3.05) is 0 Å². The molecule has 2 aromatic heterocycles. The van der Waals surface area contributed by atoms with E-state index in [9.17, 15) is 0 Å². The molecule has 0 bridgehead atoms. The summed E-state index contributed by atoms with van der Waals surface area (Å²) in [5, 5.41) is 19.2. The Morgan fingerprint density at radius 3 is 2.82 bits per heavy atom. The van der Waals surface area contributed by atoms with Crippen molar-refractivity contribution in [1.82, 2.24) is 14.8 Å². The maximum atomic E-state index is 9.10. The summed E-state index contributed by atoms with van der Waals surface area (Å²) < 4.78 is 7.51. The molecule has 4 aromatic rings. The van der Waals surface area contributed by atoms with Crippen molar-refractivity contribution in [2.24, 2.45) is 0 Å². The van der Waals surface area contributed by atoms with Crippen LogP contribution in [0.1, 0.15) is 16.7 Å². The van der Waals surface area contributed by atoms with Crippen LogP contribution >= 0.6 is 23.4 Å². The summed E-state index contributed by atoms with van der Waals surface area (Å²) in [5.41, 5.74) is 3.63. The zero-order valence-corrected chi connectivity index (χ0v) is 16.5. The average molecular weight is 407 g/mol. The highest BCUT2D eigenvalue weighted by atomic mass is 35.5. The Hall–Kier alpha value is -3.01. The molecule has 0 aliphatic heterocycles. The minimum atomic E-state index is 0.614. The lowest BCUT2D eigenvalue weighted by molar-refractivity contribution is 0.575. The van der Waals surface area contributed by atoms with Crippen LogP contribution in [0.4, 0.5) is 0 Å². The van der Waals surface area contributed by atoms with Crippen LogP contribution in [0.2, 0.25) is 5.02 Å². The van der Waals surface area contributed by atoms with Crippen LogP contribution in [0.25, 0.3) is 17.3 Å². The number of nitriles is 1. The first kappa shape index (κ1) is 18.4. The largest absolute Gasteiger partial charge is 0.461 e. The Labute approximate surface area is 171 Å². The summed E-state index contributed by atoms with van der Waals surface area (Å²) in [6, 6.07) is 19.1. The van der Waals surface area contributed by atoms with Gasteiger partial charge in [0.25, 0.3) is 0 Å². The lowest BCUT2D eigenvalue weighted by atomic mass is 10.2. The van der Waals surface area contributed by atoms with E-state index in [0.717, 1.165) is 22.0 Å². The molecule has 0 saturated carbocycles. The molecule has 0 amide bonds. The van der Waals surface area contributed by atoms with Crippen molar-refractivity contribution >= 4 is 23.4 Å². The lowest BCUT2D eigenvalue weighted by Gasteiger charge is -2.12.